The quantitative estimate of drug-likeness (QED) is 0.809. The molecule has 0 bridgehead atoms. The Bertz CT molecular complexity index is 538. The van der Waals surface area contributed by atoms with Gasteiger partial charge in [0.2, 0.25) is 11.9 Å². The Morgan fingerprint density at radius 3 is 2.24 bits per heavy atom. The molecule has 1 aromatic carbocycles. The minimum absolute atomic E-state index is 0.0324. The van der Waals surface area contributed by atoms with Gasteiger partial charge in [-0.15, -0.1) is 0 Å². The molecule has 0 saturated carbocycles. The van der Waals surface area contributed by atoms with Crippen LogP contribution in [0.2, 0.25) is 0 Å². The smallest absolute Gasteiger partial charge is 0.225 e. The monoisotopic (exact) mass is 237 g/mol. The highest BCUT2D eigenvalue weighted by Gasteiger charge is 2.08. The SMILES string of the molecule is Nc1nc(N)nc(Cc2ccc(F)cc2F)n1. The molecule has 1 heterocycles. The molecule has 0 atom stereocenters. The van der Waals surface area contributed by atoms with Crippen molar-refractivity contribution in [3.8, 4) is 0 Å². The number of nitrogen functional groups attached to an aromatic ring is 2. The van der Waals surface area contributed by atoms with E-state index in [1.165, 1.54) is 6.07 Å². The zero-order valence-electron chi connectivity index (χ0n) is 8.69. The molecule has 17 heavy (non-hydrogen) atoms. The second kappa shape index (κ2) is 4.28. The van der Waals surface area contributed by atoms with Gasteiger partial charge in [0.15, 0.2) is 0 Å². The van der Waals surface area contributed by atoms with Gasteiger partial charge in [-0.25, -0.2) is 8.78 Å². The first-order valence-corrected chi connectivity index (χ1v) is 4.74. The van der Waals surface area contributed by atoms with E-state index < -0.39 is 11.6 Å². The maximum atomic E-state index is 13.4. The van der Waals surface area contributed by atoms with E-state index in [0.717, 1.165) is 12.1 Å². The molecule has 2 rings (SSSR count). The summed E-state index contributed by atoms with van der Waals surface area (Å²) in [6.07, 6.45) is 0.0725. The van der Waals surface area contributed by atoms with Crippen molar-refractivity contribution in [3.05, 3.63) is 41.2 Å². The highest BCUT2D eigenvalue weighted by molar-refractivity contribution is 5.29. The fourth-order valence-electron chi connectivity index (χ4n) is 1.37. The number of nitrogens with zero attached hydrogens (tertiary/aromatic N) is 3. The number of hydrogen-bond donors (Lipinski definition) is 2. The van der Waals surface area contributed by atoms with E-state index in [2.05, 4.69) is 15.0 Å². The molecule has 7 heteroatoms. The van der Waals surface area contributed by atoms with E-state index in [1.54, 1.807) is 0 Å². The van der Waals surface area contributed by atoms with Crippen LogP contribution in [0.4, 0.5) is 20.7 Å². The first-order valence-electron chi connectivity index (χ1n) is 4.74. The number of aromatic nitrogens is 3. The Kier molecular flexibility index (Phi) is 2.82. The number of halogens is 2. The van der Waals surface area contributed by atoms with Crippen LogP contribution in [-0.2, 0) is 6.42 Å². The van der Waals surface area contributed by atoms with Gasteiger partial charge in [0.05, 0.1) is 0 Å². The summed E-state index contributed by atoms with van der Waals surface area (Å²) in [6.45, 7) is 0. The molecule has 88 valence electrons. The van der Waals surface area contributed by atoms with Crippen molar-refractivity contribution in [3.63, 3.8) is 0 Å². The summed E-state index contributed by atoms with van der Waals surface area (Å²) in [6, 6.07) is 3.27. The van der Waals surface area contributed by atoms with Crippen molar-refractivity contribution in [2.45, 2.75) is 6.42 Å². The molecule has 0 unspecified atom stereocenters. The maximum Gasteiger partial charge on any atom is 0.225 e. The first-order chi connectivity index (χ1) is 8.04. The molecule has 0 aliphatic rings. The van der Waals surface area contributed by atoms with Crippen LogP contribution in [-0.4, -0.2) is 15.0 Å². The zero-order chi connectivity index (χ0) is 12.4. The van der Waals surface area contributed by atoms with Crippen molar-refractivity contribution in [1.29, 1.82) is 0 Å². The van der Waals surface area contributed by atoms with Crippen LogP contribution < -0.4 is 11.5 Å². The molecule has 0 aliphatic carbocycles. The number of benzene rings is 1. The topological polar surface area (TPSA) is 90.7 Å². The van der Waals surface area contributed by atoms with Crippen LogP contribution in [0.3, 0.4) is 0 Å². The standard InChI is InChI=1S/C10H9F2N5/c11-6-2-1-5(7(12)4-6)3-8-15-9(13)17-10(14)16-8/h1-2,4H,3H2,(H4,13,14,15,16,17). The summed E-state index contributed by atoms with van der Waals surface area (Å²) in [5, 5.41) is 0. The fraction of sp³-hybridized carbons (Fsp3) is 0.100. The molecule has 0 radical (unpaired) electrons. The highest BCUT2D eigenvalue weighted by Crippen LogP contribution is 2.13. The van der Waals surface area contributed by atoms with Gasteiger partial charge in [-0.3, -0.25) is 0 Å². The van der Waals surface area contributed by atoms with E-state index >= 15 is 0 Å². The van der Waals surface area contributed by atoms with E-state index in [9.17, 15) is 8.78 Å². The number of rotatable bonds is 2. The van der Waals surface area contributed by atoms with Crippen molar-refractivity contribution in [2.24, 2.45) is 0 Å². The van der Waals surface area contributed by atoms with E-state index in [4.69, 9.17) is 11.5 Å². The summed E-state index contributed by atoms with van der Waals surface area (Å²) >= 11 is 0. The second-order valence-electron chi connectivity index (χ2n) is 3.38. The van der Waals surface area contributed by atoms with Gasteiger partial charge in [0, 0.05) is 12.5 Å². The number of nitrogens with two attached hydrogens (primary N) is 2. The van der Waals surface area contributed by atoms with E-state index in [0.29, 0.717) is 0 Å². The molecule has 0 amide bonds. The van der Waals surface area contributed by atoms with Crippen molar-refractivity contribution >= 4 is 11.9 Å². The summed E-state index contributed by atoms with van der Waals surface area (Å²) in [4.78, 5) is 11.2. The normalized spacial score (nSPS) is 10.5. The predicted molar refractivity (Wildman–Crippen MR) is 57.8 cm³/mol. The average molecular weight is 237 g/mol. The van der Waals surface area contributed by atoms with Crippen LogP contribution in [0.5, 0.6) is 0 Å². The lowest BCUT2D eigenvalue weighted by molar-refractivity contribution is 0.573. The second-order valence-corrected chi connectivity index (χ2v) is 3.38. The summed E-state index contributed by atoms with van der Waals surface area (Å²) in [7, 11) is 0. The van der Waals surface area contributed by atoms with E-state index in [-0.39, 0.29) is 29.7 Å². The van der Waals surface area contributed by atoms with Gasteiger partial charge < -0.3 is 11.5 Å². The average Bonchev–Trinajstić information content (AvgIpc) is 2.21. The van der Waals surface area contributed by atoms with Crippen molar-refractivity contribution in [2.75, 3.05) is 11.5 Å². The Labute approximate surface area is 95.5 Å². The molecule has 0 aliphatic heterocycles. The third-order valence-electron chi connectivity index (χ3n) is 2.08. The number of hydrogen-bond acceptors (Lipinski definition) is 5. The van der Waals surface area contributed by atoms with Gasteiger partial charge >= 0.3 is 0 Å². The molecular formula is C10H9F2N5. The molecule has 5 nitrogen and oxygen atoms in total. The first kappa shape index (κ1) is 11.2. The summed E-state index contributed by atoms with van der Waals surface area (Å²) < 4.78 is 26.1. The van der Waals surface area contributed by atoms with Crippen LogP contribution in [0.25, 0.3) is 0 Å². The fourth-order valence-corrected chi connectivity index (χ4v) is 1.37. The number of anilines is 2. The van der Waals surface area contributed by atoms with Crippen LogP contribution in [0.15, 0.2) is 18.2 Å². The highest BCUT2D eigenvalue weighted by atomic mass is 19.1. The van der Waals surface area contributed by atoms with E-state index in [1.807, 2.05) is 0 Å². The van der Waals surface area contributed by atoms with Crippen LogP contribution >= 0.6 is 0 Å². The van der Waals surface area contributed by atoms with Gasteiger partial charge in [0.1, 0.15) is 17.5 Å². The molecule has 0 saturated heterocycles. The Morgan fingerprint density at radius 2 is 1.65 bits per heavy atom. The molecule has 1 aromatic heterocycles. The molecule has 0 spiro atoms. The Morgan fingerprint density at radius 1 is 1.00 bits per heavy atom. The molecular weight excluding hydrogens is 228 g/mol. The van der Waals surface area contributed by atoms with Crippen molar-refractivity contribution < 1.29 is 8.78 Å². The lowest BCUT2D eigenvalue weighted by Gasteiger charge is -2.03. The van der Waals surface area contributed by atoms with Gasteiger partial charge in [-0.05, 0) is 11.6 Å². The third kappa shape index (κ3) is 2.63. The van der Waals surface area contributed by atoms with Crippen LogP contribution in [0.1, 0.15) is 11.4 Å². The largest absolute Gasteiger partial charge is 0.368 e. The van der Waals surface area contributed by atoms with Gasteiger partial charge in [-0.1, -0.05) is 6.07 Å². The summed E-state index contributed by atoms with van der Waals surface area (Å²) in [5.74, 6) is -1.13. The maximum absolute atomic E-state index is 13.4. The van der Waals surface area contributed by atoms with Crippen LogP contribution in [0, 0.1) is 11.6 Å². The lowest BCUT2D eigenvalue weighted by atomic mass is 10.1. The lowest BCUT2D eigenvalue weighted by Crippen LogP contribution is -2.07. The Balaban J connectivity index is 2.31. The molecule has 2 aromatic rings. The minimum Gasteiger partial charge on any atom is -0.368 e. The van der Waals surface area contributed by atoms with Gasteiger partial charge in [-0.2, -0.15) is 15.0 Å². The van der Waals surface area contributed by atoms with Crippen molar-refractivity contribution in [1.82, 2.24) is 15.0 Å². The zero-order valence-corrected chi connectivity index (χ0v) is 8.69. The summed E-state index contributed by atoms with van der Waals surface area (Å²) in [5.41, 5.74) is 11.0. The Hall–Kier alpha value is -2.31. The minimum atomic E-state index is -0.664. The van der Waals surface area contributed by atoms with Gasteiger partial charge in [0.25, 0.3) is 0 Å². The molecule has 0 fully saturated rings. The third-order valence-corrected chi connectivity index (χ3v) is 2.08. The predicted octanol–water partition coefficient (Wildman–Crippen LogP) is 0.905. The molecule has 4 N–H and O–H groups in total.